The molecule has 0 spiro atoms. The first-order chi connectivity index (χ1) is 15.1. The van der Waals surface area contributed by atoms with Crippen LogP contribution in [0.5, 0.6) is 0 Å². The molecule has 0 unspecified atom stereocenters. The summed E-state index contributed by atoms with van der Waals surface area (Å²) in [6, 6.07) is 12.1. The molecule has 0 aliphatic heterocycles. The molecule has 1 amide bonds. The lowest BCUT2D eigenvalue weighted by Crippen LogP contribution is -2.36. The fraction of sp³-hybridized carbons (Fsp3) is 0.435. The summed E-state index contributed by atoms with van der Waals surface area (Å²) in [6.07, 6.45) is -2.26. The highest BCUT2D eigenvalue weighted by Crippen LogP contribution is 2.34. The lowest BCUT2D eigenvalue weighted by Gasteiger charge is -2.28. The van der Waals surface area contributed by atoms with Gasteiger partial charge in [-0.05, 0) is 56.2 Å². The van der Waals surface area contributed by atoms with Crippen LogP contribution in [0, 0.1) is 18.8 Å². The number of benzene rings is 2. The van der Waals surface area contributed by atoms with Crippen LogP contribution in [-0.2, 0) is 27.5 Å². The van der Waals surface area contributed by atoms with Gasteiger partial charge in [-0.25, -0.2) is 13.1 Å². The second-order valence-corrected chi connectivity index (χ2v) is 10.0. The number of alkyl halides is 3. The van der Waals surface area contributed by atoms with E-state index in [-0.39, 0.29) is 24.3 Å². The predicted octanol–water partition coefficient (Wildman–Crippen LogP) is 4.41. The van der Waals surface area contributed by atoms with Gasteiger partial charge in [0, 0.05) is 19.0 Å². The summed E-state index contributed by atoms with van der Waals surface area (Å²) >= 11 is 0. The van der Waals surface area contributed by atoms with E-state index in [1.165, 1.54) is 6.07 Å². The van der Waals surface area contributed by atoms with Crippen molar-refractivity contribution >= 4 is 15.9 Å². The second kappa shape index (κ2) is 10.0. The summed E-state index contributed by atoms with van der Waals surface area (Å²) < 4.78 is 66.7. The largest absolute Gasteiger partial charge is 0.417 e. The Morgan fingerprint density at radius 2 is 1.62 bits per heavy atom. The zero-order valence-corrected chi connectivity index (χ0v) is 18.6. The molecule has 32 heavy (non-hydrogen) atoms. The van der Waals surface area contributed by atoms with Gasteiger partial charge in [-0.3, -0.25) is 4.79 Å². The van der Waals surface area contributed by atoms with E-state index in [0.29, 0.717) is 32.2 Å². The number of nitrogens with one attached hydrogen (secondary N) is 2. The number of amides is 1. The second-order valence-electron chi connectivity index (χ2n) is 8.27. The number of hydrogen-bond acceptors (Lipinski definition) is 3. The van der Waals surface area contributed by atoms with Crippen LogP contribution < -0.4 is 10.0 Å². The topological polar surface area (TPSA) is 75.3 Å². The third-order valence-electron chi connectivity index (χ3n) is 5.85. The lowest BCUT2D eigenvalue weighted by atomic mass is 9.81. The Balaban J connectivity index is 1.49. The van der Waals surface area contributed by atoms with Gasteiger partial charge < -0.3 is 5.32 Å². The van der Waals surface area contributed by atoms with Crippen LogP contribution in [0.2, 0.25) is 0 Å². The van der Waals surface area contributed by atoms with Crippen molar-refractivity contribution < 1.29 is 26.4 Å². The monoisotopic (exact) mass is 468 g/mol. The summed E-state index contributed by atoms with van der Waals surface area (Å²) in [7, 11) is -4.29. The highest BCUT2D eigenvalue weighted by molar-refractivity contribution is 7.89. The quantitative estimate of drug-likeness (QED) is 0.632. The number of hydrogen-bond donors (Lipinski definition) is 2. The first-order valence-electron chi connectivity index (χ1n) is 10.6. The minimum absolute atomic E-state index is 0.0241. The van der Waals surface area contributed by atoms with Crippen molar-refractivity contribution in [3.05, 3.63) is 65.2 Å². The molecular weight excluding hydrogens is 441 g/mol. The molecule has 2 N–H and O–H groups in total. The van der Waals surface area contributed by atoms with Gasteiger partial charge in [0.1, 0.15) is 0 Å². The highest BCUT2D eigenvalue weighted by Gasteiger charge is 2.37. The molecular formula is C23H27F3N2O3S. The normalized spacial score (nSPS) is 19.5. The Morgan fingerprint density at radius 1 is 1.00 bits per heavy atom. The number of carbonyl (C=O) groups excluding carboxylic acids is 1. The number of rotatable bonds is 7. The van der Waals surface area contributed by atoms with Crippen LogP contribution in [0.15, 0.2) is 53.4 Å². The summed E-state index contributed by atoms with van der Waals surface area (Å²) in [5, 5.41) is 2.94. The van der Waals surface area contributed by atoms with Crippen molar-refractivity contribution in [2.75, 3.05) is 6.54 Å². The smallest absolute Gasteiger partial charge is 0.352 e. The van der Waals surface area contributed by atoms with Gasteiger partial charge in [-0.2, -0.15) is 13.2 Å². The van der Waals surface area contributed by atoms with E-state index < -0.39 is 26.7 Å². The van der Waals surface area contributed by atoms with Crippen LogP contribution in [0.3, 0.4) is 0 Å². The Bertz CT molecular complexity index is 1030. The van der Waals surface area contributed by atoms with E-state index in [1.807, 2.05) is 31.2 Å². The number of halogens is 3. The van der Waals surface area contributed by atoms with Gasteiger partial charge in [-0.15, -0.1) is 0 Å². The molecule has 5 nitrogen and oxygen atoms in total. The molecule has 0 heterocycles. The van der Waals surface area contributed by atoms with Crippen molar-refractivity contribution in [3.63, 3.8) is 0 Å². The zero-order chi connectivity index (χ0) is 23.4. The third kappa shape index (κ3) is 6.32. The Morgan fingerprint density at radius 3 is 2.25 bits per heavy atom. The van der Waals surface area contributed by atoms with Crippen molar-refractivity contribution in [2.45, 2.75) is 50.2 Å². The summed E-state index contributed by atoms with van der Waals surface area (Å²) in [6.45, 7) is 2.50. The third-order valence-corrected chi connectivity index (χ3v) is 7.33. The van der Waals surface area contributed by atoms with Crippen LogP contribution in [0.4, 0.5) is 13.2 Å². The summed E-state index contributed by atoms with van der Waals surface area (Å²) in [5.41, 5.74) is 0.989. The van der Waals surface area contributed by atoms with E-state index in [9.17, 15) is 26.4 Å². The van der Waals surface area contributed by atoms with Gasteiger partial charge >= 0.3 is 6.18 Å². The predicted molar refractivity (Wildman–Crippen MR) is 115 cm³/mol. The Kier molecular flexibility index (Phi) is 7.61. The molecule has 0 atom stereocenters. The fourth-order valence-electron chi connectivity index (χ4n) is 3.91. The SMILES string of the molecule is Cc1ccc(CNC(=O)C2CCC(CNS(=O)(=O)c3ccccc3C(F)(F)F)CC2)cc1. The maximum Gasteiger partial charge on any atom is 0.417 e. The standard InChI is InChI=1S/C23H27F3N2O3S/c1-16-6-8-17(9-7-16)14-27-22(29)19-12-10-18(11-13-19)15-28-32(30,31)21-5-3-2-4-20(21)23(24,25)26/h2-9,18-19,28H,10-15H2,1H3,(H,27,29). The van der Waals surface area contributed by atoms with Crippen LogP contribution in [-0.4, -0.2) is 20.9 Å². The zero-order valence-electron chi connectivity index (χ0n) is 17.8. The van der Waals surface area contributed by atoms with Gasteiger partial charge in [0.05, 0.1) is 10.5 Å². The summed E-state index contributed by atoms with van der Waals surface area (Å²) in [5.74, 6) is -0.188. The first kappa shape index (κ1) is 24.3. The van der Waals surface area contributed by atoms with Crippen LogP contribution >= 0.6 is 0 Å². The molecule has 1 aliphatic rings. The highest BCUT2D eigenvalue weighted by atomic mass is 32.2. The number of sulfonamides is 1. The molecule has 174 valence electrons. The molecule has 2 aromatic carbocycles. The maximum atomic E-state index is 13.2. The molecule has 0 aromatic heterocycles. The minimum Gasteiger partial charge on any atom is -0.352 e. The van der Waals surface area contributed by atoms with Gasteiger partial charge in [0.25, 0.3) is 0 Å². The fourth-order valence-corrected chi connectivity index (χ4v) is 5.25. The van der Waals surface area contributed by atoms with E-state index in [4.69, 9.17) is 0 Å². The molecule has 1 fully saturated rings. The first-order valence-corrected chi connectivity index (χ1v) is 12.0. The van der Waals surface area contributed by atoms with Crippen molar-refractivity contribution in [3.8, 4) is 0 Å². The summed E-state index contributed by atoms with van der Waals surface area (Å²) in [4.78, 5) is 11.7. The molecule has 2 aromatic rings. The van der Waals surface area contributed by atoms with Gasteiger partial charge in [0.15, 0.2) is 0 Å². The molecule has 0 bridgehead atoms. The number of aryl methyl sites for hydroxylation is 1. The maximum absolute atomic E-state index is 13.2. The molecule has 3 rings (SSSR count). The van der Waals surface area contributed by atoms with E-state index >= 15 is 0 Å². The van der Waals surface area contributed by atoms with Gasteiger partial charge in [-0.1, -0.05) is 42.0 Å². The minimum atomic E-state index is -4.75. The van der Waals surface area contributed by atoms with Crippen LogP contribution in [0.25, 0.3) is 0 Å². The molecule has 1 aliphatic carbocycles. The average molecular weight is 469 g/mol. The number of carbonyl (C=O) groups is 1. The molecule has 0 saturated heterocycles. The Labute approximate surface area is 186 Å². The lowest BCUT2D eigenvalue weighted by molar-refractivity contribution is -0.139. The van der Waals surface area contributed by atoms with Gasteiger partial charge in [0.2, 0.25) is 15.9 Å². The van der Waals surface area contributed by atoms with E-state index in [2.05, 4.69) is 10.0 Å². The van der Waals surface area contributed by atoms with Crippen molar-refractivity contribution in [1.82, 2.24) is 10.0 Å². The van der Waals surface area contributed by atoms with E-state index in [1.54, 1.807) is 0 Å². The average Bonchev–Trinajstić information content (AvgIpc) is 2.77. The van der Waals surface area contributed by atoms with Crippen LogP contribution in [0.1, 0.15) is 42.4 Å². The molecule has 0 radical (unpaired) electrons. The van der Waals surface area contributed by atoms with Crippen molar-refractivity contribution in [2.24, 2.45) is 11.8 Å². The van der Waals surface area contributed by atoms with E-state index in [0.717, 1.165) is 29.3 Å². The molecule has 9 heteroatoms. The molecule has 1 saturated carbocycles. The van der Waals surface area contributed by atoms with Crippen molar-refractivity contribution in [1.29, 1.82) is 0 Å². The Hall–Kier alpha value is -2.39.